The fourth-order valence-electron chi connectivity index (χ4n) is 2.97. The van der Waals surface area contributed by atoms with Crippen LogP contribution in [0.2, 0.25) is 0 Å². The van der Waals surface area contributed by atoms with E-state index < -0.39 is 10.0 Å². The molecular weight excluding hydrogens is 364 g/mol. The lowest BCUT2D eigenvalue weighted by atomic mass is 10.2. The number of hydrogen-bond donors (Lipinski definition) is 2. The number of aliphatic imine (C=N–C) groups is 1. The molecule has 0 bridgehead atoms. The summed E-state index contributed by atoms with van der Waals surface area (Å²) in [5.74, 6) is 0.719. The molecule has 1 aromatic rings. The highest BCUT2D eigenvalue weighted by atomic mass is 32.2. The Hall–Kier alpha value is -1.64. The standard InChI is InChI=1S/C19H32N4O3S/c1-3-26-15-7-12-21-19(20-2)22-16-17-8-10-18(11-9-17)27(24,25)23-13-5-4-6-14-23/h8-11H,3-7,12-16H2,1-2H3,(H2,20,21,22). The van der Waals surface area contributed by atoms with E-state index in [1.807, 2.05) is 19.1 Å². The van der Waals surface area contributed by atoms with Crippen molar-refractivity contribution in [3.05, 3.63) is 29.8 Å². The van der Waals surface area contributed by atoms with Gasteiger partial charge in [-0.1, -0.05) is 18.6 Å². The first kappa shape index (κ1) is 21.7. The molecule has 0 amide bonds. The molecule has 0 unspecified atom stereocenters. The van der Waals surface area contributed by atoms with Crippen molar-refractivity contribution in [3.63, 3.8) is 0 Å². The predicted octanol–water partition coefficient (Wildman–Crippen LogP) is 1.95. The van der Waals surface area contributed by atoms with Gasteiger partial charge in [0.15, 0.2) is 5.96 Å². The van der Waals surface area contributed by atoms with Crippen molar-refractivity contribution in [2.24, 2.45) is 4.99 Å². The van der Waals surface area contributed by atoms with Gasteiger partial charge in [-0.05, 0) is 43.9 Å². The number of benzene rings is 1. The van der Waals surface area contributed by atoms with Gasteiger partial charge in [0.2, 0.25) is 10.0 Å². The molecule has 1 saturated heterocycles. The van der Waals surface area contributed by atoms with Crippen LogP contribution >= 0.6 is 0 Å². The molecule has 1 aromatic carbocycles. The Morgan fingerprint density at radius 1 is 1.15 bits per heavy atom. The predicted molar refractivity (Wildman–Crippen MR) is 108 cm³/mol. The lowest BCUT2D eigenvalue weighted by molar-refractivity contribution is 0.145. The zero-order valence-electron chi connectivity index (χ0n) is 16.4. The number of sulfonamides is 1. The van der Waals surface area contributed by atoms with Crippen LogP contribution in [-0.2, 0) is 21.3 Å². The second-order valence-corrected chi connectivity index (χ2v) is 8.45. The molecule has 0 spiro atoms. The van der Waals surface area contributed by atoms with Crippen LogP contribution in [0, 0.1) is 0 Å². The fourth-order valence-corrected chi connectivity index (χ4v) is 4.48. The highest BCUT2D eigenvalue weighted by Crippen LogP contribution is 2.20. The van der Waals surface area contributed by atoms with E-state index in [0.29, 0.717) is 24.5 Å². The van der Waals surface area contributed by atoms with Crippen LogP contribution in [0.1, 0.15) is 38.2 Å². The maximum Gasteiger partial charge on any atom is 0.243 e. The van der Waals surface area contributed by atoms with Crippen LogP contribution in [0.15, 0.2) is 34.2 Å². The third-order valence-electron chi connectivity index (χ3n) is 4.52. The Labute approximate surface area is 163 Å². The van der Waals surface area contributed by atoms with E-state index in [2.05, 4.69) is 15.6 Å². The molecule has 2 N–H and O–H groups in total. The molecule has 27 heavy (non-hydrogen) atoms. The minimum absolute atomic E-state index is 0.367. The molecule has 2 rings (SSSR count). The van der Waals surface area contributed by atoms with Gasteiger partial charge in [-0.15, -0.1) is 0 Å². The number of ether oxygens (including phenoxy) is 1. The first-order chi connectivity index (χ1) is 13.1. The van der Waals surface area contributed by atoms with Gasteiger partial charge in [-0.2, -0.15) is 4.31 Å². The van der Waals surface area contributed by atoms with Crippen LogP contribution < -0.4 is 10.6 Å². The van der Waals surface area contributed by atoms with Crippen molar-refractivity contribution >= 4 is 16.0 Å². The summed E-state index contributed by atoms with van der Waals surface area (Å²) in [7, 11) is -1.64. The average Bonchev–Trinajstić information content (AvgIpc) is 2.71. The quantitative estimate of drug-likeness (QED) is 0.379. The van der Waals surface area contributed by atoms with Gasteiger partial charge in [0.05, 0.1) is 4.90 Å². The van der Waals surface area contributed by atoms with Crippen molar-refractivity contribution < 1.29 is 13.2 Å². The molecule has 0 saturated carbocycles. The Morgan fingerprint density at radius 2 is 1.85 bits per heavy atom. The minimum Gasteiger partial charge on any atom is -0.382 e. The van der Waals surface area contributed by atoms with E-state index in [1.54, 1.807) is 23.5 Å². The zero-order chi connectivity index (χ0) is 19.5. The molecular formula is C19H32N4O3S. The summed E-state index contributed by atoms with van der Waals surface area (Å²) in [6, 6.07) is 7.09. The smallest absolute Gasteiger partial charge is 0.243 e. The fraction of sp³-hybridized carbons (Fsp3) is 0.632. The van der Waals surface area contributed by atoms with E-state index in [4.69, 9.17) is 4.74 Å². The molecule has 0 radical (unpaired) electrons. The van der Waals surface area contributed by atoms with E-state index >= 15 is 0 Å². The summed E-state index contributed by atoms with van der Waals surface area (Å²) in [5, 5.41) is 6.47. The summed E-state index contributed by atoms with van der Waals surface area (Å²) in [4.78, 5) is 4.56. The van der Waals surface area contributed by atoms with Crippen molar-refractivity contribution in [2.75, 3.05) is 39.9 Å². The number of guanidine groups is 1. The number of rotatable bonds is 9. The lowest BCUT2D eigenvalue weighted by Crippen LogP contribution is -2.37. The maximum absolute atomic E-state index is 12.7. The molecule has 1 heterocycles. The van der Waals surface area contributed by atoms with E-state index in [1.165, 1.54) is 0 Å². The largest absolute Gasteiger partial charge is 0.382 e. The number of nitrogens with one attached hydrogen (secondary N) is 2. The second-order valence-electron chi connectivity index (χ2n) is 6.51. The molecule has 0 aliphatic carbocycles. The van der Waals surface area contributed by atoms with Gasteiger partial charge in [0, 0.05) is 46.4 Å². The monoisotopic (exact) mass is 396 g/mol. The Bertz CT molecular complexity index is 683. The van der Waals surface area contributed by atoms with Crippen molar-refractivity contribution in [3.8, 4) is 0 Å². The summed E-state index contributed by atoms with van der Waals surface area (Å²) in [5.41, 5.74) is 1.00. The highest BCUT2D eigenvalue weighted by molar-refractivity contribution is 7.89. The lowest BCUT2D eigenvalue weighted by Gasteiger charge is -2.25. The van der Waals surface area contributed by atoms with Crippen molar-refractivity contribution in [1.82, 2.24) is 14.9 Å². The van der Waals surface area contributed by atoms with Crippen molar-refractivity contribution in [2.45, 2.75) is 44.0 Å². The molecule has 1 fully saturated rings. The Kier molecular flexibility index (Phi) is 9.03. The van der Waals surface area contributed by atoms with E-state index in [-0.39, 0.29) is 0 Å². The summed E-state index contributed by atoms with van der Waals surface area (Å²) >= 11 is 0. The van der Waals surface area contributed by atoms with Crippen LogP contribution in [0.4, 0.5) is 0 Å². The molecule has 0 atom stereocenters. The van der Waals surface area contributed by atoms with Crippen LogP contribution in [0.25, 0.3) is 0 Å². The topological polar surface area (TPSA) is 83.0 Å². The molecule has 1 aliphatic heterocycles. The van der Waals surface area contributed by atoms with Gasteiger partial charge in [0.25, 0.3) is 0 Å². The summed E-state index contributed by atoms with van der Waals surface area (Å²) < 4.78 is 32.3. The SMILES string of the molecule is CCOCCCNC(=NC)NCc1ccc(S(=O)(=O)N2CCCCC2)cc1. The highest BCUT2D eigenvalue weighted by Gasteiger charge is 2.25. The Balaban J connectivity index is 1.84. The zero-order valence-corrected chi connectivity index (χ0v) is 17.2. The molecule has 0 aromatic heterocycles. The van der Waals surface area contributed by atoms with E-state index in [9.17, 15) is 8.42 Å². The second kappa shape index (κ2) is 11.3. The third-order valence-corrected chi connectivity index (χ3v) is 6.43. The minimum atomic E-state index is -3.37. The molecule has 1 aliphatic rings. The maximum atomic E-state index is 12.7. The average molecular weight is 397 g/mol. The molecule has 7 nitrogen and oxygen atoms in total. The summed E-state index contributed by atoms with van der Waals surface area (Å²) in [6.07, 6.45) is 3.91. The van der Waals surface area contributed by atoms with Crippen LogP contribution in [-0.4, -0.2) is 58.6 Å². The normalized spacial score (nSPS) is 16.3. The third kappa shape index (κ3) is 6.79. The van der Waals surface area contributed by atoms with Crippen molar-refractivity contribution in [1.29, 1.82) is 0 Å². The summed E-state index contributed by atoms with van der Waals surface area (Å²) in [6.45, 7) is 6.05. The first-order valence-corrected chi connectivity index (χ1v) is 11.1. The van der Waals surface area contributed by atoms with Crippen LogP contribution in [0.5, 0.6) is 0 Å². The van der Waals surface area contributed by atoms with Gasteiger partial charge in [-0.25, -0.2) is 8.42 Å². The van der Waals surface area contributed by atoms with Gasteiger partial charge in [-0.3, -0.25) is 4.99 Å². The Morgan fingerprint density at radius 3 is 2.48 bits per heavy atom. The molecule has 8 heteroatoms. The van der Waals surface area contributed by atoms with Gasteiger partial charge in [0.1, 0.15) is 0 Å². The van der Waals surface area contributed by atoms with Crippen LogP contribution in [0.3, 0.4) is 0 Å². The van der Waals surface area contributed by atoms with Gasteiger partial charge < -0.3 is 15.4 Å². The number of nitrogens with zero attached hydrogens (tertiary/aromatic N) is 2. The number of hydrogen-bond acceptors (Lipinski definition) is 4. The first-order valence-electron chi connectivity index (χ1n) is 9.69. The molecule has 152 valence electrons. The number of piperidine rings is 1. The van der Waals surface area contributed by atoms with E-state index in [0.717, 1.165) is 57.0 Å². The van der Waals surface area contributed by atoms with Gasteiger partial charge >= 0.3 is 0 Å².